The number of likely N-dealkylation sites (N-methyl/N-ethyl adjacent to an activating group) is 1. The summed E-state index contributed by atoms with van der Waals surface area (Å²) in [6.07, 6.45) is 6.41. The van der Waals surface area contributed by atoms with E-state index in [9.17, 15) is 9.90 Å². The van der Waals surface area contributed by atoms with Crippen LogP contribution < -0.4 is 5.73 Å². The second kappa shape index (κ2) is 8.11. The molecule has 0 bridgehead atoms. The first-order valence-electron chi connectivity index (χ1n) is 11.2. The molecule has 1 amide bonds. The van der Waals surface area contributed by atoms with Crippen LogP contribution >= 0.6 is 0 Å². The van der Waals surface area contributed by atoms with Gasteiger partial charge in [-0.05, 0) is 51.3 Å². The fourth-order valence-corrected chi connectivity index (χ4v) is 4.90. The van der Waals surface area contributed by atoms with Crippen molar-refractivity contribution in [2.24, 2.45) is 0 Å². The lowest BCUT2D eigenvalue weighted by Gasteiger charge is -2.40. The Morgan fingerprint density at radius 1 is 1.18 bits per heavy atom. The van der Waals surface area contributed by atoms with Gasteiger partial charge in [0, 0.05) is 18.7 Å². The minimum absolute atomic E-state index is 0.136. The van der Waals surface area contributed by atoms with Crippen molar-refractivity contribution in [2.45, 2.75) is 57.3 Å². The normalized spacial score (nSPS) is 21.2. The van der Waals surface area contributed by atoms with Gasteiger partial charge in [0.05, 0.1) is 41.9 Å². The SMILES string of the molecule is CC(C)n1cnc2cc(C(=O)N(C)[C@H]3CCC[C@H](n4cnc5c(N)ncnc54)[C@H]3O)ccc21. The first kappa shape index (κ1) is 21.3. The van der Waals surface area contributed by atoms with Gasteiger partial charge in [-0.15, -0.1) is 0 Å². The summed E-state index contributed by atoms with van der Waals surface area (Å²) >= 11 is 0. The maximum Gasteiger partial charge on any atom is 0.254 e. The molecule has 5 rings (SSSR count). The van der Waals surface area contributed by atoms with E-state index < -0.39 is 6.10 Å². The van der Waals surface area contributed by atoms with E-state index in [4.69, 9.17) is 5.73 Å². The molecule has 33 heavy (non-hydrogen) atoms. The second-order valence-corrected chi connectivity index (χ2v) is 9.00. The van der Waals surface area contributed by atoms with E-state index in [1.165, 1.54) is 6.33 Å². The van der Waals surface area contributed by atoms with Gasteiger partial charge in [0.25, 0.3) is 5.91 Å². The van der Waals surface area contributed by atoms with Crippen LogP contribution in [-0.2, 0) is 0 Å². The Morgan fingerprint density at radius 3 is 2.79 bits per heavy atom. The Kier molecular flexibility index (Phi) is 5.24. The molecule has 0 saturated heterocycles. The van der Waals surface area contributed by atoms with Crippen molar-refractivity contribution in [1.82, 2.24) is 34.0 Å². The van der Waals surface area contributed by atoms with Crippen LogP contribution in [0.3, 0.4) is 0 Å². The number of carbonyl (C=O) groups excluding carboxylic acids is 1. The highest BCUT2D eigenvalue weighted by atomic mass is 16.3. The monoisotopic (exact) mass is 448 g/mol. The van der Waals surface area contributed by atoms with Crippen molar-refractivity contribution in [3.63, 3.8) is 0 Å². The summed E-state index contributed by atoms with van der Waals surface area (Å²) in [6.45, 7) is 4.19. The average Bonchev–Trinajstić information content (AvgIpc) is 3.43. The van der Waals surface area contributed by atoms with Crippen LogP contribution in [0.1, 0.15) is 55.6 Å². The quantitative estimate of drug-likeness (QED) is 0.491. The molecule has 172 valence electrons. The summed E-state index contributed by atoms with van der Waals surface area (Å²) in [4.78, 5) is 32.1. The van der Waals surface area contributed by atoms with Crippen molar-refractivity contribution < 1.29 is 9.90 Å². The molecule has 3 atom stereocenters. The molecule has 3 N–H and O–H groups in total. The Labute approximate surface area is 191 Å². The van der Waals surface area contributed by atoms with Crippen molar-refractivity contribution in [3.05, 3.63) is 42.7 Å². The van der Waals surface area contributed by atoms with Crippen LogP contribution in [0.4, 0.5) is 5.82 Å². The summed E-state index contributed by atoms with van der Waals surface area (Å²) in [5.41, 5.74) is 9.37. The molecule has 10 nitrogen and oxygen atoms in total. The fourth-order valence-electron chi connectivity index (χ4n) is 4.90. The maximum atomic E-state index is 13.3. The highest BCUT2D eigenvalue weighted by Crippen LogP contribution is 2.34. The molecule has 1 fully saturated rings. The number of amides is 1. The number of nitrogens with zero attached hydrogens (tertiary/aromatic N) is 7. The third-order valence-corrected chi connectivity index (χ3v) is 6.73. The molecule has 3 aromatic heterocycles. The molecule has 0 unspecified atom stereocenters. The molecule has 10 heteroatoms. The van der Waals surface area contributed by atoms with E-state index in [0.717, 1.165) is 23.9 Å². The molecular weight excluding hydrogens is 420 g/mol. The largest absolute Gasteiger partial charge is 0.389 e. The molecule has 4 aromatic rings. The number of aliphatic hydroxyl groups is 1. The predicted molar refractivity (Wildman–Crippen MR) is 125 cm³/mol. The van der Waals surface area contributed by atoms with Crippen LogP contribution in [0.15, 0.2) is 37.2 Å². The smallest absolute Gasteiger partial charge is 0.254 e. The van der Waals surface area contributed by atoms with Crippen molar-refractivity contribution in [3.8, 4) is 0 Å². The van der Waals surface area contributed by atoms with E-state index in [0.29, 0.717) is 29.0 Å². The number of anilines is 1. The maximum absolute atomic E-state index is 13.3. The average molecular weight is 449 g/mol. The zero-order valence-electron chi connectivity index (χ0n) is 19.0. The first-order valence-corrected chi connectivity index (χ1v) is 11.2. The minimum Gasteiger partial charge on any atom is -0.389 e. The first-order chi connectivity index (χ1) is 15.9. The number of carbonyl (C=O) groups is 1. The number of imidazole rings is 2. The summed E-state index contributed by atoms with van der Waals surface area (Å²) in [7, 11) is 1.75. The molecule has 0 spiro atoms. The lowest BCUT2D eigenvalue weighted by Crippen LogP contribution is -2.50. The van der Waals surface area contributed by atoms with Gasteiger partial charge in [-0.3, -0.25) is 4.79 Å². The predicted octanol–water partition coefficient (Wildman–Crippen LogP) is 2.57. The lowest BCUT2D eigenvalue weighted by atomic mass is 9.86. The standard InChI is InChI=1S/C23H28N8O2/c1-13(2)30-11-27-15-9-14(7-8-16(15)30)23(33)29(3)17-5-4-6-18(20(17)32)31-12-28-19-21(24)25-10-26-22(19)31/h7-13,17-18,20,32H,4-6H2,1-3H3,(H2,24,25,26)/t17-,18-,20-/m0/s1. The van der Waals surface area contributed by atoms with Gasteiger partial charge < -0.3 is 24.9 Å². The highest BCUT2D eigenvalue weighted by molar-refractivity contribution is 5.97. The van der Waals surface area contributed by atoms with Gasteiger partial charge in [0.15, 0.2) is 11.5 Å². The molecular formula is C23H28N8O2. The van der Waals surface area contributed by atoms with Gasteiger partial charge in [-0.1, -0.05) is 0 Å². The Balaban J connectivity index is 1.41. The number of nitrogen functional groups attached to an aromatic ring is 1. The molecule has 3 heterocycles. The number of hydrogen-bond donors (Lipinski definition) is 2. The number of hydrogen-bond acceptors (Lipinski definition) is 7. The summed E-state index contributed by atoms with van der Waals surface area (Å²) in [5.74, 6) is 0.172. The van der Waals surface area contributed by atoms with Crippen LogP contribution in [0.5, 0.6) is 0 Å². The van der Waals surface area contributed by atoms with Gasteiger partial charge in [0.1, 0.15) is 11.8 Å². The van der Waals surface area contributed by atoms with Crippen LogP contribution in [0.25, 0.3) is 22.2 Å². The number of benzene rings is 1. The number of aliphatic hydroxyl groups excluding tert-OH is 1. The molecule has 1 aromatic carbocycles. The summed E-state index contributed by atoms with van der Waals surface area (Å²) < 4.78 is 3.93. The molecule has 0 aliphatic heterocycles. The molecule has 0 radical (unpaired) electrons. The fraction of sp³-hybridized carbons (Fsp3) is 0.435. The van der Waals surface area contributed by atoms with E-state index in [1.54, 1.807) is 24.6 Å². The number of fused-ring (bicyclic) bond motifs is 2. The van der Waals surface area contributed by atoms with Crippen LogP contribution in [0.2, 0.25) is 0 Å². The molecule has 1 aliphatic carbocycles. The second-order valence-electron chi connectivity index (χ2n) is 9.00. The molecule has 1 saturated carbocycles. The van der Waals surface area contributed by atoms with E-state index >= 15 is 0 Å². The zero-order chi connectivity index (χ0) is 23.3. The van der Waals surface area contributed by atoms with E-state index in [1.807, 2.05) is 22.8 Å². The topological polar surface area (TPSA) is 128 Å². The third kappa shape index (κ3) is 3.50. The summed E-state index contributed by atoms with van der Waals surface area (Å²) in [5, 5.41) is 11.3. The third-order valence-electron chi connectivity index (χ3n) is 6.73. The minimum atomic E-state index is -0.773. The number of aromatic nitrogens is 6. The van der Waals surface area contributed by atoms with Gasteiger partial charge >= 0.3 is 0 Å². The van der Waals surface area contributed by atoms with Crippen molar-refractivity contribution in [1.29, 1.82) is 0 Å². The van der Waals surface area contributed by atoms with Crippen LogP contribution in [-0.4, -0.2) is 64.2 Å². The van der Waals surface area contributed by atoms with Gasteiger partial charge in [-0.2, -0.15) is 0 Å². The van der Waals surface area contributed by atoms with Gasteiger partial charge in [-0.25, -0.2) is 19.9 Å². The number of rotatable bonds is 4. The van der Waals surface area contributed by atoms with Crippen LogP contribution in [0, 0.1) is 0 Å². The molecule has 1 aliphatic rings. The summed E-state index contributed by atoms with van der Waals surface area (Å²) in [6, 6.07) is 5.28. The van der Waals surface area contributed by atoms with Gasteiger partial charge in [0.2, 0.25) is 0 Å². The van der Waals surface area contributed by atoms with E-state index in [2.05, 4.69) is 38.4 Å². The Bertz CT molecular complexity index is 1330. The Morgan fingerprint density at radius 2 is 2.00 bits per heavy atom. The van der Waals surface area contributed by atoms with Crippen molar-refractivity contribution in [2.75, 3.05) is 12.8 Å². The Hall–Kier alpha value is -3.53. The van der Waals surface area contributed by atoms with E-state index in [-0.39, 0.29) is 24.0 Å². The van der Waals surface area contributed by atoms with Crippen molar-refractivity contribution >= 4 is 33.9 Å². The highest BCUT2D eigenvalue weighted by Gasteiger charge is 2.38. The lowest BCUT2D eigenvalue weighted by molar-refractivity contribution is 0.0000914. The zero-order valence-corrected chi connectivity index (χ0v) is 19.0. The number of nitrogens with two attached hydrogens (primary N) is 1.